The summed E-state index contributed by atoms with van der Waals surface area (Å²) in [6.45, 7) is 2.91. The van der Waals surface area contributed by atoms with Gasteiger partial charge >= 0.3 is 0 Å². The van der Waals surface area contributed by atoms with Crippen LogP contribution in [-0.2, 0) is 12.8 Å². The minimum absolute atomic E-state index is 0.829. The van der Waals surface area contributed by atoms with Crippen LogP contribution in [0.1, 0.15) is 22.5 Å². The number of aromatic nitrogens is 1. The van der Waals surface area contributed by atoms with Crippen LogP contribution in [0.3, 0.4) is 0 Å². The number of benzene rings is 1. The van der Waals surface area contributed by atoms with Crippen molar-refractivity contribution in [3.8, 4) is 5.75 Å². The molecule has 2 heterocycles. The lowest BCUT2D eigenvalue weighted by Gasteiger charge is -2.05. The molecule has 1 aliphatic rings. The Morgan fingerprint density at radius 2 is 2.19 bits per heavy atom. The average Bonchev–Trinajstić information content (AvgIpc) is 2.87. The Morgan fingerprint density at radius 1 is 1.25 bits per heavy atom. The molecule has 2 heteroatoms. The third-order valence-corrected chi connectivity index (χ3v) is 3.11. The fraction of sp³-hybridized carbons (Fsp3) is 0.286. The Morgan fingerprint density at radius 3 is 3.00 bits per heavy atom. The van der Waals surface area contributed by atoms with Gasteiger partial charge in [-0.3, -0.25) is 0 Å². The number of fused-ring (bicyclic) bond motifs is 1. The van der Waals surface area contributed by atoms with Crippen LogP contribution >= 0.6 is 0 Å². The number of hydrogen-bond donors (Lipinski definition) is 1. The molecule has 1 N–H and O–H groups in total. The van der Waals surface area contributed by atoms with Gasteiger partial charge in [-0.05, 0) is 30.7 Å². The van der Waals surface area contributed by atoms with Crippen LogP contribution in [0.25, 0.3) is 0 Å². The SMILES string of the molecule is Cc1ccc(Cc2cccc3c2CCO3)[nH]1. The summed E-state index contributed by atoms with van der Waals surface area (Å²) in [5.41, 5.74) is 5.27. The largest absolute Gasteiger partial charge is 0.493 e. The van der Waals surface area contributed by atoms with Gasteiger partial charge in [-0.15, -0.1) is 0 Å². The Balaban J connectivity index is 1.93. The second kappa shape index (κ2) is 3.71. The molecule has 0 saturated heterocycles. The summed E-state index contributed by atoms with van der Waals surface area (Å²) < 4.78 is 5.57. The molecule has 0 spiro atoms. The third kappa shape index (κ3) is 1.60. The van der Waals surface area contributed by atoms with Gasteiger partial charge in [-0.25, -0.2) is 0 Å². The molecule has 0 saturated carbocycles. The first-order chi connectivity index (χ1) is 7.83. The van der Waals surface area contributed by atoms with Gasteiger partial charge in [0, 0.05) is 29.8 Å². The molecule has 1 aromatic carbocycles. The number of hydrogen-bond acceptors (Lipinski definition) is 1. The van der Waals surface area contributed by atoms with E-state index in [4.69, 9.17) is 4.74 Å². The van der Waals surface area contributed by atoms with Crippen molar-refractivity contribution >= 4 is 0 Å². The predicted molar refractivity (Wildman–Crippen MR) is 64.0 cm³/mol. The van der Waals surface area contributed by atoms with Gasteiger partial charge in [0.25, 0.3) is 0 Å². The maximum atomic E-state index is 5.57. The van der Waals surface area contributed by atoms with E-state index in [0.29, 0.717) is 0 Å². The summed E-state index contributed by atoms with van der Waals surface area (Å²) in [7, 11) is 0. The van der Waals surface area contributed by atoms with E-state index in [0.717, 1.165) is 25.2 Å². The monoisotopic (exact) mass is 213 g/mol. The van der Waals surface area contributed by atoms with Crippen LogP contribution < -0.4 is 4.74 Å². The Hall–Kier alpha value is -1.70. The van der Waals surface area contributed by atoms with E-state index < -0.39 is 0 Å². The van der Waals surface area contributed by atoms with Crippen molar-refractivity contribution in [2.45, 2.75) is 19.8 Å². The molecule has 0 amide bonds. The van der Waals surface area contributed by atoms with Crippen molar-refractivity contribution < 1.29 is 4.74 Å². The normalized spacial score (nSPS) is 13.6. The molecule has 1 aromatic heterocycles. The second-order valence-electron chi connectivity index (χ2n) is 4.34. The third-order valence-electron chi connectivity index (χ3n) is 3.11. The van der Waals surface area contributed by atoms with Gasteiger partial charge in [-0.1, -0.05) is 12.1 Å². The van der Waals surface area contributed by atoms with Gasteiger partial charge in [-0.2, -0.15) is 0 Å². The molecule has 2 nitrogen and oxygen atoms in total. The number of rotatable bonds is 2. The van der Waals surface area contributed by atoms with E-state index >= 15 is 0 Å². The van der Waals surface area contributed by atoms with E-state index in [1.165, 1.54) is 22.5 Å². The quantitative estimate of drug-likeness (QED) is 0.815. The van der Waals surface area contributed by atoms with Crippen molar-refractivity contribution in [1.29, 1.82) is 0 Å². The summed E-state index contributed by atoms with van der Waals surface area (Å²) in [6.07, 6.45) is 2.02. The molecule has 0 radical (unpaired) electrons. The molecule has 0 fully saturated rings. The van der Waals surface area contributed by atoms with Crippen LogP contribution in [0.2, 0.25) is 0 Å². The van der Waals surface area contributed by atoms with E-state index in [9.17, 15) is 0 Å². The average molecular weight is 213 g/mol. The van der Waals surface area contributed by atoms with Gasteiger partial charge in [0.1, 0.15) is 5.75 Å². The number of nitrogens with one attached hydrogen (secondary N) is 1. The molecule has 16 heavy (non-hydrogen) atoms. The predicted octanol–water partition coefficient (Wildman–Crippen LogP) is 2.85. The highest BCUT2D eigenvalue weighted by atomic mass is 16.5. The van der Waals surface area contributed by atoms with E-state index in [1.54, 1.807) is 0 Å². The number of H-pyrrole nitrogens is 1. The Kier molecular flexibility index (Phi) is 2.21. The van der Waals surface area contributed by atoms with Crippen molar-refractivity contribution in [3.05, 3.63) is 52.8 Å². The highest BCUT2D eigenvalue weighted by Crippen LogP contribution is 2.29. The van der Waals surface area contributed by atoms with Crippen molar-refractivity contribution in [1.82, 2.24) is 4.98 Å². The number of aromatic amines is 1. The molecular formula is C14H15NO. The fourth-order valence-electron chi connectivity index (χ4n) is 2.33. The van der Waals surface area contributed by atoms with Crippen LogP contribution in [-0.4, -0.2) is 11.6 Å². The van der Waals surface area contributed by atoms with E-state index in [-0.39, 0.29) is 0 Å². The summed E-state index contributed by atoms with van der Waals surface area (Å²) in [5.74, 6) is 1.07. The number of ether oxygens (including phenoxy) is 1. The molecule has 2 aromatic rings. The lowest BCUT2D eigenvalue weighted by molar-refractivity contribution is 0.357. The zero-order valence-electron chi connectivity index (χ0n) is 9.42. The van der Waals surface area contributed by atoms with Gasteiger partial charge in [0.05, 0.1) is 6.61 Å². The summed E-state index contributed by atoms with van der Waals surface area (Å²) in [5, 5.41) is 0. The summed E-state index contributed by atoms with van der Waals surface area (Å²) in [4.78, 5) is 3.37. The van der Waals surface area contributed by atoms with Crippen molar-refractivity contribution in [2.24, 2.45) is 0 Å². The van der Waals surface area contributed by atoms with Crippen LogP contribution in [0, 0.1) is 6.92 Å². The van der Waals surface area contributed by atoms with Crippen LogP contribution in [0.15, 0.2) is 30.3 Å². The highest BCUT2D eigenvalue weighted by molar-refractivity contribution is 5.44. The zero-order chi connectivity index (χ0) is 11.0. The Bertz CT molecular complexity index is 513. The molecule has 0 atom stereocenters. The van der Waals surface area contributed by atoms with Crippen LogP contribution in [0.4, 0.5) is 0 Å². The van der Waals surface area contributed by atoms with Crippen molar-refractivity contribution in [3.63, 3.8) is 0 Å². The standard InChI is InChI=1S/C14H15NO/c1-10-5-6-12(15-10)9-11-3-2-4-14-13(11)7-8-16-14/h2-6,15H,7-9H2,1H3. The molecule has 82 valence electrons. The first-order valence-corrected chi connectivity index (χ1v) is 5.71. The van der Waals surface area contributed by atoms with Crippen LogP contribution in [0.5, 0.6) is 5.75 Å². The van der Waals surface area contributed by atoms with Gasteiger partial charge < -0.3 is 9.72 Å². The zero-order valence-corrected chi connectivity index (χ0v) is 9.42. The maximum Gasteiger partial charge on any atom is 0.122 e. The smallest absolute Gasteiger partial charge is 0.122 e. The van der Waals surface area contributed by atoms with E-state index in [1.807, 2.05) is 0 Å². The topological polar surface area (TPSA) is 25.0 Å². The fourth-order valence-corrected chi connectivity index (χ4v) is 2.33. The molecule has 1 aliphatic heterocycles. The minimum atomic E-state index is 0.829. The molecule has 0 aliphatic carbocycles. The van der Waals surface area contributed by atoms with Gasteiger partial charge in [0.2, 0.25) is 0 Å². The number of aryl methyl sites for hydroxylation is 1. The summed E-state index contributed by atoms with van der Waals surface area (Å²) >= 11 is 0. The lowest BCUT2D eigenvalue weighted by atomic mass is 10.0. The Labute approximate surface area is 95.3 Å². The molecular weight excluding hydrogens is 198 g/mol. The first-order valence-electron chi connectivity index (χ1n) is 5.71. The van der Waals surface area contributed by atoms with E-state index in [2.05, 4.69) is 42.2 Å². The molecule has 0 bridgehead atoms. The highest BCUT2D eigenvalue weighted by Gasteiger charge is 2.15. The minimum Gasteiger partial charge on any atom is -0.493 e. The first kappa shape index (κ1) is 9.52. The maximum absolute atomic E-state index is 5.57. The van der Waals surface area contributed by atoms with Crippen molar-refractivity contribution in [2.75, 3.05) is 6.61 Å². The summed E-state index contributed by atoms with van der Waals surface area (Å²) in [6, 6.07) is 10.6. The lowest BCUT2D eigenvalue weighted by Crippen LogP contribution is -1.93. The van der Waals surface area contributed by atoms with Gasteiger partial charge in [0.15, 0.2) is 0 Å². The molecule has 0 unspecified atom stereocenters. The molecule has 3 rings (SSSR count). The second-order valence-corrected chi connectivity index (χ2v) is 4.34.